The van der Waals surface area contributed by atoms with Crippen LogP contribution in [-0.2, 0) is 0 Å². The van der Waals surface area contributed by atoms with Crippen LogP contribution in [0.1, 0.15) is 53.4 Å². The summed E-state index contributed by atoms with van der Waals surface area (Å²) in [5, 5.41) is 7.54. The molecule has 0 aliphatic heterocycles. The standard InChI is InChI=1S/C14H26N4/c1-11(2)7-5-8-12(3)9-6-10-13(4)17-18-14(15)16/h7,9H,5-6,8,10H2,1-4H3,(H4,15,16,18)/b12-9+,17-13+. The average Bonchev–Trinajstić information content (AvgIpc) is 2.25. The van der Waals surface area contributed by atoms with E-state index in [0.717, 1.165) is 31.4 Å². The monoisotopic (exact) mass is 250 g/mol. The fourth-order valence-corrected chi connectivity index (χ4v) is 1.41. The van der Waals surface area contributed by atoms with Crippen molar-refractivity contribution in [3.63, 3.8) is 0 Å². The fraction of sp³-hybridized carbons (Fsp3) is 0.571. The molecule has 18 heavy (non-hydrogen) atoms. The van der Waals surface area contributed by atoms with Crippen molar-refractivity contribution in [2.24, 2.45) is 21.7 Å². The van der Waals surface area contributed by atoms with Gasteiger partial charge in [-0.15, -0.1) is 5.10 Å². The topological polar surface area (TPSA) is 76.8 Å². The van der Waals surface area contributed by atoms with Crippen LogP contribution in [0.25, 0.3) is 0 Å². The predicted molar refractivity (Wildman–Crippen MR) is 80.6 cm³/mol. The summed E-state index contributed by atoms with van der Waals surface area (Å²) in [7, 11) is 0. The minimum absolute atomic E-state index is 0.00259. The molecule has 0 unspecified atom stereocenters. The van der Waals surface area contributed by atoms with Crippen molar-refractivity contribution in [2.45, 2.75) is 53.4 Å². The Balaban J connectivity index is 3.97. The number of nitrogens with zero attached hydrogens (tertiary/aromatic N) is 2. The van der Waals surface area contributed by atoms with E-state index in [1.54, 1.807) is 0 Å². The first kappa shape index (κ1) is 16.4. The molecule has 4 heteroatoms. The van der Waals surface area contributed by atoms with E-state index >= 15 is 0 Å². The molecule has 0 fully saturated rings. The van der Waals surface area contributed by atoms with Crippen LogP contribution in [0.15, 0.2) is 33.5 Å². The van der Waals surface area contributed by atoms with Crippen LogP contribution in [0.4, 0.5) is 0 Å². The third-order valence-corrected chi connectivity index (χ3v) is 2.43. The Labute approximate surface area is 111 Å². The molecule has 0 amide bonds. The van der Waals surface area contributed by atoms with Gasteiger partial charge in [-0.2, -0.15) is 5.10 Å². The first-order valence-corrected chi connectivity index (χ1v) is 6.33. The Kier molecular flexibility index (Phi) is 8.62. The molecule has 0 saturated heterocycles. The van der Waals surface area contributed by atoms with Gasteiger partial charge in [-0.25, -0.2) is 0 Å². The Morgan fingerprint density at radius 1 is 0.889 bits per heavy atom. The number of hydrogen-bond acceptors (Lipinski definition) is 2. The van der Waals surface area contributed by atoms with Crippen molar-refractivity contribution < 1.29 is 0 Å². The van der Waals surface area contributed by atoms with E-state index in [9.17, 15) is 0 Å². The molecular weight excluding hydrogens is 224 g/mol. The molecule has 0 radical (unpaired) electrons. The van der Waals surface area contributed by atoms with Gasteiger partial charge in [0.25, 0.3) is 0 Å². The van der Waals surface area contributed by atoms with E-state index in [1.165, 1.54) is 11.1 Å². The summed E-state index contributed by atoms with van der Waals surface area (Å²) in [6.45, 7) is 8.35. The molecule has 0 aliphatic carbocycles. The zero-order valence-electron chi connectivity index (χ0n) is 12.0. The molecule has 0 bridgehead atoms. The highest BCUT2D eigenvalue weighted by Gasteiger charge is 1.92. The van der Waals surface area contributed by atoms with Gasteiger partial charge in [0.2, 0.25) is 5.96 Å². The molecule has 0 saturated carbocycles. The molecule has 0 atom stereocenters. The molecule has 0 heterocycles. The molecule has 4 N–H and O–H groups in total. The molecule has 0 rings (SSSR count). The SMILES string of the molecule is CC(C)=CCC/C(C)=C/CC/C(C)=N/N=C(N)N. The third kappa shape index (κ3) is 10.9. The number of rotatable bonds is 7. The minimum atomic E-state index is 0.00259. The summed E-state index contributed by atoms with van der Waals surface area (Å²) >= 11 is 0. The molecule has 0 aliphatic rings. The summed E-state index contributed by atoms with van der Waals surface area (Å²) in [4.78, 5) is 0. The summed E-state index contributed by atoms with van der Waals surface area (Å²) in [5.74, 6) is 0.00259. The van der Waals surface area contributed by atoms with Crippen molar-refractivity contribution in [2.75, 3.05) is 0 Å². The van der Waals surface area contributed by atoms with Crippen LogP contribution in [0.5, 0.6) is 0 Å². The van der Waals surface area contributed by atoms with Gasteiger partial charge in [0.15, 0.2) is 0 Å². The minimum Gasteiger partial charge on any atom is -0.369 e. The lowest BCUT2D eigenvalue weighted by Crippen LogP contribution is -2.22. The van der Waals surface area contributed by atoms with E-state index in [-0.39, 0.29) is 5.96 Å². The van der Waals surface area contributed by atoms with Crippen molar-refractivity contribution in [1.82, 2.24) is 0 Å². The largest absolute Gasteiger partial charge is 0.369 e. The van der Waals surface area contributed by atoms with E-state index < -0.39 is 0 Å². The van der Waals surface area contributed by atoms with Crippen LogP contribution in [0.3, 0.4) is 0 Å². The first-order valence-electron chi connectivity index (χ1n) is 6.33. The van der Waals surface area contributed by atoms with Crippen molar-refractivity contribution in [3.05, 3.63) is 23.3 Å². The number of nitrogens with two attached hydrogens (primary N) is 2. The highest BCUT2D eigenvalue weighted by atomic mass is 15.3. The van der Waals surface area contributed by atoms with Crippen molar-refractivity contribution in [3.8, 4) is 0 Å². The average molecular weight is 250 g/mol. The third-order valence-electron chi connectivity index (χ3n) is 2.43. The molecule has 102 valence electrons. The van der Waals surface area contributed by atoms with Gasteiger partial charge >= 0.3 is 0 Å². The van der Waals surface area contributed by atoms with Crippen molar-refractivity contribution in [1.29, 1.82) is 0 Å². The molecular formula is C14H26N4. The zero-order chi connectivity index (χ0) is 14.0. The summed E-state index contributed by atoms with van der Waals surface area (Å²) in [6.07, 6.45) is 8.63. The van der Waals surface area contributed by atoms with Crippen LogP contribution >= 0.6 is 0 Å². The Hall–Kier alpha value is -1.58. The maximum atomic E-state index is 5.20. The van der Waals surface area contributed by atoms with Crippen LogP contribution in [0, 0.1) is 0 Å². The van der Waals surface area contributed by atoms with E-state index in [2.05, 4.69) is 43.1 Å². The normalized spacial score (nSPS) is 12.2. The summed E-state index contributed by atoms with van der Waals surface area (Å²) in [6, 6.07) is 0. The van der Waals surface area contributed by atoms with Crippen LogP contribution in [0.2, 0.25) is 0 Å². The lowest BCUT2D eigenvalue weighted by molar-refractivity contribution is 0.941. The smallest absolute Gasteiger partial charge is 0.211 e. The van der Waals surface area contributed by atoms with Gasteiger partial charge in [-0.1, -0.05) is 23.3 Å². The van der Waals surface area contributed by atoms with Crippen LogP contribution in [-0.4, -0.2) is 11.7 Å². The highest BCUT2D eigenvalue weighted by Crippen LogP contribution is 2.08. The Morgan fingerprint density at radius 3 is 2.06 bits per heavy atom. The fourth-order valence-electron chi connectivity index (χ4n) is 1.41. The quantitative estimate of drug-likeness (QED) is 0.315. The molecule has 0 aromatic rings. The molecule has 0 spiro atoms. The Morgan fingerprint density at radius 2 is 1.50 bits per heavy atom. The lowest BCUT2D eigenvalue weighted by atomic mass is 10.1. The second-order valence-electron chi connectivity index (χ2n) is 4.77. The van der Waals surface area contributed by atoms with E-state index in [0.29, 0.717) is 0 Å². The van der Waals surface area contributed by atoms with E-state index in [1.807, 2.05) is 6.92 Å². The molecule has 0 aromatic heterocycles. The number of guanidine groups is 1. The van der Waals surface area contributed by atoms with E-state index in [4.69, 9.17) is 11.5 Å². The van der Waals surface area contributed by atoms with Gasteiger partial charge in [0.1, 0.15) is 0 Å². The Bertz CT molecular complexity index is 354. The second kappa shape index (κ2) is 9.45. The summed E-state index contributed by atoms with van der Waals surface area (Å²) in [5.41, 5.74) is 14.1. The van der Waals surface area contributed by atoms with Gasteiger partial charge in [0.05, 0.1) is 0 Å². The van der Waals surface area contributed by atoms with Crippen molar-refractivity contribution >= 4 is 11.7 Å². The van der Waals surface area contributed by atoms with Gasteiger partial charge in [-0.05, 0) is 53.4 Å². The second-order valence-corrected chi connectivity index (χ2v) is 4.77. The van der Waals surface area contributed by atoms with Gasteiger partial charge < -0.3 is 11.5 Å². The van der Waals surface area contributed by atoms with Gasteiger partial charge in [0, 0.05) is 5.71 Å². The highest BCUT2D eigenvalue weighted by molar-refractivity contribution is 5.83. The number of allylic oxidation sites excluding steroid dienone is 4. The maximum absolute atomic E-state index is 5.20. The predicted octanol–water partition coefficient (Wildman–Crippen LogP) is 3.11. The summed E-state index contributed by atoms with van der Waals surface area (Å²) < 4.78 is 0. The molecule has 0 aromatic carbocycles. The number of hydrogen-bond donors (Lipinski definition) is 2. The maximum Gasteiger partial charge on any atom is 0.211 e. The van der Waals surface area contributed by atoms with Crippen LogP contribution < -0.4 is 11.5 Å². The lowest BCUT2D eigenvalue weighted by Gasteiger charge is -1.99. The zero-order valence-corrected chi connectivity index (χ0v) is 12.0. The molecule has 4 nitrogen and oxygen atoms in total. The van der Waals surface area contributed by atoms with Gasteiger partial charge in [-0.3, -0.25) is 0 Å². The first-order chi connectivity index (χ1) is 8.41.